The minimum Gasteiger partial charge on any atom is -0.494 e. The third-order valence-electron chi connectivity index (χ3n) is 2.03. The monoisotopic (exact) mass is 208 g/mol. The molecule has 1 aromatic rings. The molecule has 3 heteroatoms. The van der Waals surface area contributed by atoms with Gasteiger partial charge in [-0.3, -0.25) is 4.79 Å². The molecule has 0 aliphatic rings. The van der Waals surface area contributed by atoms with Crippen molar-refractivity contribution in [1.82, 2.24) is 0 Å². The smallest absolute Gasteiger partial charge is 0.163 e. The average Bonchev–Trinajstić information content (AvgIpc) is 2.27. The van der Waals surface area contributed by atoms with Gasteiger partial charge in [0, 0.05) is 18.6 Å². The maximum atomic E-state index is 11.6. The SMILES string of the molecule is CCOc1cccc(C(=O)CCCO)c1. The molecule has 1 aromatic carbocycles. The van der Waals surface area contributed by atoms with E-state index in [-0.39, 0.29) is 12.4 Å². The fourth-order valence-electron chi connectivity index (χ4n) is 1.31. The zero-order chi connectivity index (χ0) is 11.1. The standard InChI is InChI=1S/C12H16O3/c1-2-15-11-6-3-5-10(9-11)12(14)7-4-8-13/h3,5-6,9,13H,2,4,7-8H2,1H3. The van der Waals surface area contributed by atoms with Gasteiger partial charge < -0.3 is 9.84 Å². The molecule has 0 bridgehead atoms. The predicted octanol–water partition coefficient (Wildman–Crippen LogP) is 2.04. The Morgan fingerprint density at radius 3 is 2.93 bits per heavy atom. The molecular weight excluding hydrogens is 192 g/mol. The third kappa shape index (κ3) is 3.72. The predicted molar refractivity (Wildman–Crippen MR) is 58.3 cm³/mol. The van der Waals surface area contributed by atoms with Crippen LogP contribution in [0.2, 0.25) is 0 Å². The molecule has 0 fully saturated rings. The highest BCUT2D eigenvalue weighted by Gasteiger charge is 2.05. The van der Waals surface area contributed by atoms with Crippen molar-refractivity contribution in [2.24, 2.45) is 0 Å². The number of ether oxygens (including phenoxy) is 1. The fourth-order valence-corrected chi connectivity index (χ4v) is 1.31. The van der Waals surface area contributed by atoms with Gasteiger partial charge in [0.1, 0.15) is 5.75 Å². The Hall–Kier alpha value is -1.35. The highest BCUT2D eigenvalue weighted by molar-refractivity contribution is 5.96. The van der Waals surface area contributed by atoms with Crippen molar-refractivity contribution in [3.05, 3.63) is 29.8 Å². The lowest BCUT2D eigenvalue weighted by Gasteiger charge is -2.04. The van der Waals surface area contributed by atoms with E-state index in [1.54, 1.807) is 18.2 Å². The van der Waals surface area contributed by atoms with Gasteiger partial charge >= 0.3 is 0 Å². The number of carbonyl (C=O) groups is 1. The van der Waals surface area contributed by atoms with Crippen LogP contribution in [0.4, 0.5) is 0 Å². The largest absolute Gasteiger partial charge is 0.494 e. The number of benzene rings is 1. The Kier molecular flexibility index (Phi) is 4.84. The molecule has 0 saturated heterocycles. The van der Waals surface area contributed by atoms with Gasteiger partial charge in [-0.2, -0.15) is 0 Å². The van der Waals surface area contributed by atoms with Crippen LogP contribution >= 0.6 is 0 Å². The normalized spacial score (nSPS) is 10.0. The van der Waals surface area contributed by atoms with Gasteiger partial charge in [0.25, 0.3) is 0 Å². The quantitative estimate of drug-likeness (QED) is 0.728. The van der Waals surface area contributed by atoms with E-state index < -0.39 is 0 Å². The molecule has 0 aliphatic heterocycles. The number of hydrogen-bond acceptors (Lipinski definition) is 3. The molecule has 0 radical (unpaired) electrons. The Labute approximate surface area is 89.7 Å². The molecule has 15 heavy (non-hydrogen) atoms. The van der Waals surface area contributed by atoms with Crippen LogP contribution in [0.3, 0.4) is 0 Å². The van der Waals surface area contributed by atoms with Gasteiger partial charge in [0.05, 0.1) is 6.61 Å². The Bertz CT molecular complexity index is 320. The van der Waals surface area contributed by atoms with Gasteiger partial charge in [-0.05, 0) is 25.5 Å². The number of aliphatic hydroxyl groups excluding tert-OH is 1. The van der Waals surface area contributed by atoms with Gasteiger partial charge in [0.15, 0.2) is 5.78 Å². The van der Waals surface area contributed by atoms with Crippen molar-refractivity contribution in [2.75, 3.05) is 13.2 Å². The first-order chi connectivity index (χ1) is 7.27. The first-order valence-corrected chi connectivity index (χ1v) is 5.15. The van der Waals surface area contributed by atoms with Gasteiger partial charge in [-0.15, -0.1) is 0 Å². The van der Waals surface area contributed by atoms with E-state index in [1.165, 1.54) is 0 Å². The zero-order valence-electron chi connectivity index (χ0n) is 8.90. The zero-order valence-corrected chi connectivity index (χ0v) is 8.90. The molecular formula is C12H16O3. The number of ketones is 1. The molecule has 1 N–H and O–H groups in total. The van der Waals surface area contributed by atoms with Crippen LogP contribution in [0.1, 0.15) is 30.1 Å². The van der Waals surface area contributed by atoms with Crippen LogP contribution in [0.25, 0.3) is 0 Å². The summed E-state index contributed by atoms with van der Waals surface area (Å²) in [5.41, 5.74) is 0.648. The number of carbonyl (C=O) groups excluding carboxylic acids is 1. The van der Waals surface area contributed by atoms with E-state index in [4.69, 9.17) is 9.84 Å². The first kappa shape index (κ1) is 11.7. The number of rotatable bonds is 6. The molecule has 0 spiro atoms. The van der Waals surface area contributed by atoms with Gasteiger partial charge in [-0.25, -0.2) is 0 Å². The summed E-state index contributed by atoms with van der Waals surface area (Å²) in [4.78, 5) is 11.6. The van der Waals surface area contributed by atoms with Crippen molar-refractivity contribution in [2.45, 2.75) is 19.8 Å². The molecule has 0 saturated carbocycles. The minimum atomic E-state index is 0.0469. The van der Waals surface area contributed by atoms with Crippen molar-refractivity contribution >= 4 is 5.78 Å². The summed E-state index contributed by atoms with van der Waals surface area (Å²) in [6.45, 7) is 2.55. The molecule has 0 amide bonds. The summed E-state index contributed by atoms with van der Waals surface area (Å²) in [5, 5.41) is 8.62. The van der Waals surface area contributed by atoms with E-state index >= 15 is 0 Å². The average molecular weight is 208 g/mol. The summed E-state index contributed by atoms with van der Waals surface area (Å²) in [6, 6.07) is 7.13. The summed E-state index contributed by atoms with van der Waals surface area (Å²) < 4.78 is 5.30. The molecule has 0 aromatic heterocycles. The molecule has 0 unspecified atom stereocenters. The maximum absolute atomic E-state index is 11.6. The van der Waals surface area contributed by atoms with E-state index in [1.807, 2.05) is 13.0 Å². The maximum Gasteiger partial charge on any atom is 0.163 e. The number of aliphatic hydroxyl groups is 1. The summed E-state index contributed by atoms with van der Waals surface area (Å²) in [5.74, 6) is 0.762. The molecule has 0 atom stereocenters. The van der Waals surface area contributed by atoms with Crippen molar-refractivity contribution in [3.8, 4) is 5.75 Å². The van der Waals surface area contributed by atoms with Crippen LogP contribution in [0.15, 0.2) is 24.3 Å². The van der Waals surface area contributed by atoms with E-state index in [0.29, 0.717) is 30.8 Å². The number of hydrogen-bond donors (Lipinski definition) is 1. The fraction of sp³-hybridized carbons (Fsp3) is 0.417. The molecule has 0 aliphatic carbocycles. The van der Waals surface area contributed by atoms with Crippen LogP contribution in [-0.4, -0.2) is 24.1 Å². The lowest BCUT2D eigenvalue weighted by atomic mass is 10.1. The Morgan fingerprint density at radius 2 is 2.27 bits per heavy atom. The Morgan fingerprint density at radius 1 is 1.47 bits per heavy atom. The number of Topliss-reactive ketones (excluding diaryl/α,β-unsaturated/α-hetero) is 1. The molecule has 3 nitrogen and oxygen atoms in total. The second-order valence-electron chi connectivity index (χ2n) is 3.21. The second kappa shape index (κ2) is 6.19. The van der Waals surface area contributed by atoms with Crippen LogP contribution < -0.4 is 4.74 Å². The van der Waals surface area contributed by atoms with Crippen molar-refractivity contribution < 1.29 is 14.6 Å². The van der Waals surface area contributed by atoms with Crippen LogP contribution in [-0.2, 0) is 0 Å². The summed E-state index contributed by atoms with van der Waals surface area (Å²) >= 11 is 0. The van der Waals surface area contributed by atoms with Gasteiger partial charge in [0.2, 0.25) is 0 Å². The van der Waals surface area contributed by atoms with Gasteiger partial charge in [-0.1, -0.05) is 12.1 Å². The summed E-state index contributed by atoms with van der Waals surface area (Å²) in [6.07, 6.45) is 0.893. The van der Waals surface area contributed by atoms with Crippen molar-refractivity contribution in [1.29, 1.82) is 0 Å². The van der Waals surface area contributed by atoms with Crippen LogP contribution in [0.5, 0.6) is 5.75 Å². The highest BCUT2D eigenvalue weighted by atomic mass is 16.5. The van der Waals surface area contributed by atoms with E-state index in [9.17, 15) is 4.79 Å². The molecule has 0 heterocycles. The first-order valence-electron chi connectivity index (χ1n) is 5.15. The van der Waals surface area contributed by atoms with E-state index in [2.05, 4.69) is 0 Å². The lowest BCUT2D eigenvalue weighted by molar-refractivity contribution is 0.0971. The van der Waals surface area contributed by atoms with Crippen LogP contribution in [0, 0.1) is 0 Å². The molecule has 1 rings (SSSR count). The second-order valence-corrected chi connectivity index (χ2v) is 3.21. The van der Waals surface area contributed by atoms with Crippen molar-refractivity contribution in [3.63, 3.8) is 0 Å². The van der Waals surface area contributed by atoms with E-state index in [0.717, 1.165) is 0 Å². The topological polar surface area (TPSA) is 46.5 Å². The highest BCUT2D eigenvalue weighted by Crippen LogP contribution is 2.15. The minimum absolute atomic E-state index is 0.0469. The third-order valence-corrected chi connectivity index (χ3v) is 2.03. The molecule has 82 valence electrons. The summed E-state index contributed by atoms with van der Waals surface area (Å²) in [7, 11) is 0. The lowest BCUT2D eigenvalue weighted by Crippen LogP contribution is -2.01. The Balaban J connectivity index is 2.67.